The van der Waals surface area contributed by atoms with Crippen molar-refractivity contribution in [2.45, 2.75) is 20.5 Å². The van der Waals surface area contributed by atoms with Crippen molar-refractivity contribution in [1.29, 1.82) is 0 Å². The van der Waals surface area contributed by atoms with Crippen molar-refractivity contribution < 1.29 is 14.3 Å². The van der Waals surface area contributed by atoms with Crippen molar-refractivity contribution in [1.82, 2.24) is 9.88 Å². The molecule has 0 spiro atoms. The quantitative estimate of drug-likeness (QED) is 0.788. The number of rotatable bonds is 7. The van der Waals surface area contributed by atoms with E-state index in [2.05, 4.69) is 4.98 Å². The molecule has 0 aliphatic carbocycles. The van der Waals surface area contributed by atoms with Crippen molar-refractivity contribution in [2.24, 2.45) is 0 Å². The molecular formula is C18H22N2O3. The summed E-state index contributed by atoms with van der Waals surface area (Å²) in [5.74, 6) is 1.16. The summed E-state index contributed by atoms with van der Waals surface area (Å²) >= 11 is 0. The summed E-state index contributed by atoms with van der Waals surface area (Å²) in [5, 5.41) is 0. The second-order valence-electron chi connectivity index (χ2n) is 5.06. The zero-order valence-electron chi connectivity index (χ0n) is 13.8. The lowest BCUT2D eigenvalue weighted by atomic mass is 10.1. The van der Waals surface area contributed by atoms with Crippen LogP contribution in [0.15, 0.2) is 42.7 Å². The predicted octanol–water partition coefficient (Wildman–Crippen LogP) is 3.15. The van der Waals surface area contributed by atoms with Gasteiger partial charge < -0.3 is 14.4 Å². The molecule has 0 saturated heterocycles. The van der Waals surface area contributed by atoms with Crippen LogP contribution in [-0.4, -0.2) is 36.0 Å². The van der Waals surface area contributed by atoms with Gasteiger partial charge in [-0.2, -0.15) is 0 Å². The van der Waals surface area contributed by atoms with Crippen molar-refractivity contribution in [3.63, 3.8) is 0 Å². The maximum absolute atomic E-state index is 12.2. The van der Waals surface area contributed by atoms with Crippen LogP contribution in [0.1, 0.15) is 29.8 Å². The predicted molar refractivity (Wildman–Crippen MR) is 88.8 cm³/mol. The molecule has 2 rings (SSSR count). The molecular weight excluding hydrogens is 292 g/mol. The number of hydrogen-bond donors (Lipinski definition) is 0. The zero-order chi connectivity index (χ0) is 16.7. The molecule has 0 aliphatic rings. The maximum Gasteiger partial charge on any atom is 0.253 e. The molecule has 0 unspecified atom stereocenters. The van der Waals surface area contributed by atoms with Gasteiger partial charge in [-0.15, -0.1) is 0 Å². The summed E-state index contributed by atoms with van der Waals surface area (Å²) in [6, 6.07) is 9.08. The second-order valence-corrected chi connectivity index (χ2v) is 5.06. The number of carbonyl (C=O) groups is 1. The summed E-state index contributed by atoms with van der Waals surface area (Å²) < 4.78 is 11.4. The number of aromatic nitrogens is 1. The third-order valence-corrected chi connectivity index (χ3v) is 3.43. The fourth-order valence-electron chi connectivity index (χ4n) is 2.04. The first-order chi connectivity index (χ1) is 11.2. The fourth-order valence-corrected chi connectivity index (χ4v) is 2.04. The Morgan fingerprint density at radius 2 is 2.00 bits per heavy atom. The van der Waals surface area contributed by atoms with Crippen LogP contribution in [-0.2, 0) is 6.61 Å². The number of ether oxygens (including phenoxy) is 2. The number of carbonyl (C=O) groups excluding carboxylic acids is 1. The monoisotopic (exact) mass is 314 g/mol. The lowest BCUT2D eigenvalue weighted by molar-refractivity contribution is 0.0802. The Hall–Kier alpha value is -2.56. The van der Waals surface area contributed by atoms with Gasteiger partial charge in [-0.05, 0) is 38.1 Å². The largest absolute Gasteiger partial charge is 0.490 e. The van der Waals surface area contributed by atoms with Gasteiger partial charge in [-0.1, -0.05) is 6.07 Å². The molecule has 0 bridgehead atoms. The van der Waals surface area contributed by atoms with Crippen LogP contribution >= 0.6 is 0 Å². The number of amides is 1. The number of pyridine rings is 1. The van der Waals surface area contributed by atoms with Crippen molar-refractivity contribution in [2.75, 3.05) is 20.2 Å². The third kappa shape index (κ3) is 4.45. The van der Waals surface area contributed by atoms with Crippen molar-refractivity contribution in [3.8, 4) is 11.5 Å². The molecule has 1 aromatic heterocycles. The molecule has 0 N–H and O–H groups in total. The van der Waals surface area contributed by atoms with E-state index in [0.29, 0.717) is 36.8 Å². The van der Waals surface area contributed by atoms with Gasteiger partial charge in [0.25, 0.3) is 5.91 Å². The van der Waals surface area contributed by atoms with E-state index >= 15 is 0 Å². The van der Waals surface area contributed by atoms with E-state index in [-0.39, 0.29) is 5.91 Å². The standard InChI is InChI=1S/C18H22N2O3/c1-4-20(3)18(21)15-8-9-16(17(11-15)22-5-2)23-13-14-7-6-10-19-12-14/h6-12H,4-5,13H2,1-3H3. The van der Waals surface area contributed by atoms with Crippen LogP contribution in [0.4, 0.5) is 0 Å². The Morgan fingerprint density at radius 1 is 1.17 bits per heavy atom. The zero-order valence-corrected chi connectivity index (χ0v) is 13.8. The van der Waals surface area contributed by atoms with Crippen LogP contribution in [0, 0.1) is 0 Å². The lowest BCUT2D eigenvalue weighted by Crippen LogP contribution is -2.26. The van der Waals surface area contributed by atoms with Gasteiger partial charge in [0.15, 0.2) is 11.5 Å². The minimum Gasteiger partial charge on any atom is -0.490 e. The smallest absolute Gasteiger partial charge is 0.253 e. The normalized spacial score (nSPS) is 10.2. The van der Waals surface area contributed by atoms with Gasteiger partial charge in [-0.3, -0.25) is 9.78 Å². The van der Waals surface area contributed by atoms with E-state index in [1.807, 2.05) is 26.0 Å². The molecule has 0 fully saturated rings. The summed E-state index contributed by atoms with van der Waals surface area (Å²) in [7, 11) is 1.77. The van der Waals surface area contributed by atoms with Gasteiger partial charge in [-0.25, -0.2) is 0 Å². The second kappa shape index (κ2) is 8.17. The van der Waals surface area contributed by atoms with Crippen LogP contribution < -0.4 is 9.47 Å². The fraction of sp³-hybridized carbons (Fsp3) is 0.333. The van der Waals surface area contributed by atoms with Gasteiger partial charge in [0.05, 0.1) is 6.61 Å². The lowest BCUT2D eigenvalue weighted by Gasteiger charge is -2.17. The minimum atomic E-state index is -0.0349. The van der Waals surface area contributed by atoms with Gasteiger partial charge in [0.1, 0.15) is 6.61 Å². The molecule has 23 heavy (non-hydrogen) atoms. The first-order valence-electron chi connectivity index (χ1n) is 7.69. The molecule has 122 valence electrons. The molecule has 5 nitrogen and oxygen atoms in total. The highest BCUT2D eigenvalue weighted by molar-refractivity contribution is 5.94. The highest BCUT2D eigenvalue weighted by Gasteiger charge is 2.14. The average Bonchev–Trinajstić information content (AvgIpc) is 2.60. The number of nitrogens with zero attached hydrogens (tertiary/aromatic N) is 2. The summed E-state index contributed by atoms with van der Waals surface area (Å²) in [6.45, 7) is 5.40. The third-order valence-electron chi connectivity index (χ3n) is 3.43. The van der Waals surface area contributed by atoms with Gasteiger partial charge in [0.2, 0.25) is 0 Å². The summed E-state index contributed by atoms with van der Waals surface area (Å²) in [4.78, 5) is 18.0. The topological polar surface area (TPSA) is 51.7 Å². The Kier molecular flexibility index (Phi) is 5.97. The SMILES string of the molecule is CCOc1cc(C(=O)N(C)CC)ccc1OCc1cccnc1. The Labute approximate surface area is 136 Å². The van der Waals surface area contributed by atoms with Crippen molar-refractivity contribution in [3.05, 3.63) is 53.9 Å². The van der Waals surface area contributed by atoms with Gasteiger partial charge >= 0.3 is 0 Å². The Balaban J connectivity index is 2.17. The first kappa shape index (κ1) is 16.8. The van der Waals surface area contributed by atoms with E-state index in [1.54, 1.807) is 42.5 Å². The number of hydrogen-bond acceptors (Lipinski definition) is 4. The minimum absolute atomic E-state index is 0.0349. The van der Waals surface area contributed by atoms with E-state index in [4.69, 9.17) is 9.47 Å². The van der Waals surface area contributed by atoms with Crippen LogP contribution in [0.3, 0.4) is 0 Å². The molecule has 1 aromatic carbocycles. The molecule has 0 aliphatic heterocycles. The van der Waals surface area contributed by atoms with E-state index in [0.717, 1.165) is 5.56 Å². The van der Waals surface area contributed by atoms with Crippen LogP contribution in [0.25, 0.3) is 0 Å². The summed E-state index contributed by atoms with van der Waals surface area (Å²) in [6.07, 6.45) is 3.48. The first-order valence-corrected chi connectivity index (χ1v) is 7.69. The highest BCUT2D eigenvalue weighted by atomic mass is 16.5. The van der Waals surface area contributed by atoms with Crippen LogP contribution in [0.2, 0.25) is 0 Å². The molecule has 0 saturated carbocycles. The molecule has 1 heterocycles. The molecule has 2 aromatic rings. The molecule has 0 radical (unpaired) electrons. The average molecular weight is 314 g/mol. The Morgan fingerprint density at radius 3 is 2.65 bits per heavy atom. The van der Waals surface area contributed by atoms with E-state index < -0.39 is 0 Å². The Bertz CT molecular complexity index is 644. The molecule has 0 atom stereocenters. The maximum atomic E-state index is 12.2. The molecule has 5 heteroatoms. The van der Waals surface area contributed by atoms with Crippen molar-refractivity contribution >= 4 is 5.91 Å². The highest BCUT2D eigenvalue weighted by Crippen LogP contribution is 2.29. The van der Waals surface area contributed by atoms with Gasteiger partial charge in [0, 0.05) is 37.1 Å². The molecule has 1 amide bonds. The summed E-state index contributed by atoms with van der Waals surface area (Å²) in [5.41, 5.74) is 1.56. The van der Waals surface area contributed by atoms with Crippen LogP contribution in [0.5, 0.6) is 11.5 Å². The number of benzene rings is 1. The van der Waals surface area contributed by atoms with E-state index in [9.17, 15) is 4.79 Å². The van der Waals surface area contributed by atoms with E-state index in [1.165, 1.54) is 0 Å².